The number of anilines is 1. The number of imide groups is 1. The van der Waals surface area contributed by atoms with Gasteiger partial charge in [-0.25, -0.2) is 4.98 Å². The van der Waals surface area contributed by atoms with Crippen LogP contribution in [0.2, 0.25) is 5.02 Å². The Labute approximate surface area is 266 Å². The lowest BCUT2D eigenvalue weighted by Crippen LogP contribution is -2.46. The molecular formula is C33H27ClF3N3O6. The van der Waals surface area contributed by atoms with Crippen molar-refractivity contribution in [3.63, 3.8) is 0 Å². The van der Waals surface area contributed by atoms with Gasteiger partial charge in [-0.15, -0.1) is 0 Å². The molecule has 2 heterocycles. The molecule has 1 aromatic heterocycles. The Morgan fingerprint density at radius 2 is 1.85 bits per heavy atom. The van der Waals surface area contributed by atoms with Crippen LogP contribution >= 0.6 is 11.6 Å². The molecule has 0 spiro atoms. The van der Waals surface area contributed by atoms with E-state index in [0.29, 0.717) is 22.8 Å². The number of amides is 2. The Morgan fingerprint density at radius 3 is 2.54 bits per heavy atom. The first kappa shape index (κ1) is 31.3. The van der Waals surface area contributed by atoms with Gasteiger partial charge in [0, 0.05) is 29.7 Å². The lowest BCUT2D eigenvalue weighted by atomic mass is 9.60. The van der Waals surface area contributed by atoms with Crippen LogP contribution in [0.1, 0.15) is 31.0 Å². The molecule has 0 radical (unpaired) electrons. The van der Waals surface area contributed by atoms with Gasteiger partial charge in [-0.3, -0.25) is 24.2 Å². The summed E-state index contributed by atoms with van der Waals surface area (Å²) in [4.78, 5) is 58.2. The van der Waals surface area contributed by atoms with Gasteiger partial charge in [0.2, 0.25) is 0 Å². The summed E-state index contributed by atoms with van der Waals surface area (Å²) in [5.74, 6) is -5.35. The lowest BCUT2D eigenvalue weighted by Gasteiger charge is -2.41. The fourth-order valence-corrected chi connectivity index (χ4v) is 7.08. The molecule has 4 atom stereocenters. The summed E-state index contributed by atoms with van der Waals surface area (Å²) >= 11 is 6.19. The number of halogens is 4. The van der Waals surface area contributed by atoms with Crippen LogP contribution in [-0.4, -0.2) is 52.6 Å². The van der Waals surface area contributed by atoms with Crippen molar-refractivity contribution in [1.29, 1.82) is 0 Å². The summed E-state index contributed by atoms with van der Waals surface area (Å²) in [5, 5.41) is 11.5. The predicted molar refractivity (Wildman–Crippen MR) is 160 cm³/mol. The van der Waals surface area contributed by atoms with Gasteiger partial charge in [-0.05, 0) is 61.6 Å². The first-order valence-electron chi connectivity index (χ1n) is 14.3. The number of methoxy groups -OCH3 is 1. The number of alkyl halides is 3. The van der Waals surface area contributed by atoms with Gasteiger partial charge in [0.25, 0.3) is 11.8 Å². The molecule has 1 N–H and O–H groups in total. The second-order valence-corrected chi connectivity index (χ2v) is 12.0. The Morgan fingerprint density at radius 1 is 1.11 bits per heavy atom. The number of rotatable bonds is 5. The summed E-state index contributed by atoms with van der Waals surface area (Å²) in [6, 6.07) is 6.41. The Hall–Kier alpha value is -4.71. The van der Waals surface area contributed by atoms with Crippen LogP contribution in [0.4, 0.5) is 19.0 Å². The number of ether oxygens (including phenoxy) is 1. The van der Waals surface area contributed by atoms with Crippen molar-refractivity contribution in [2.75, 3.05) is 19.2 Å². The molecule has 238 valence electrons. The predicted octanol–water partition coefficient (Wildman–Crippen LogP) is 5.49. The number of Topliss-reactive ketones (excluding diaryl/α,β-unsaturated/α-hetero) is 1. The molecule has 1 aromatic carbocycles. The van der Waals surface area contributed by atoms with Gasteiger partial charge in [0.1, 0.15) is 5.69 Å². The maximum absolute atomic E-state index is 14.1. The second-order valence-electron chi connectivity index (χ2n) is 11.6. The van der Waals surface area contributed by atoms with Crippen LogP contribution in [0.25, 0.3) is 6.08 Å². The standard InChI is InChI=1S/C33H27ClF3N3O6/c1-15-12-24(42)27-18(6-4-16-5-10-23(41)25(13-16)46-3)17-7-8-19-28(20(17)14-21(27)29(15)43)32(45)40(31(19)44)39(2)30-22(34)9-11-26(38-30)33(35,36)37/h4-7,9-13,18-20,28,41H,8,14H2,1-3H3/t18-,19-,20+,28-/m0/s1. The fourth-order valence-electron chi connectivity index (χ4n) is 6.86. The van der Waals surface area contributed by atoms with Gasteiger partial charge in [0.05, 0.1) is 24.0 Å². The van der Waals surface area contributed by atoms with Crippen LogP contribution < -0.4 is 9.75 Å². The normalized spacial score (nSPS) is 24.5. The number of allylic oxidation sites excluding steroid dienone is 7. The molecule has 1 fully saturated rings. The Bertz CT molecular complexity index is 1850. The monoisotopic (exact) mass is 653 g/mol. The van der Waals surface area contributed by atoms with Crippen LogP contribution in [0.15, 0.2) is 70.9 Å². The van der Waals surface area contributed by atoms with Crippen LogP contribution in [0.5, 0.6) is 11.5 Å². The fraction of sp³-hybridized carbons (Fsp3) is 0.303. The zero-order valence-electron chi connectivity index (χ0n) is 24.8. The number of aromatic nitrogens is 1. The van der Waals surface area contributed by atoms with E-state index in [9.17, 15) is 37.5 Å². The van der Waals surface area contributed by atoms with Crippen molar-refractivity contribution in [3.05, 3.63) is 87.1 Å². The minimum Gasteiger partial charge on any atom is -0.504 e. The molecule has 13 heteroatoms. The number of fused-ring (bicyclic) bond motifs is 3. The van der Waals surface area contributed by atoms with E-state index in [1.165, 1.54) is 26.3 Å². The minimum absolute atomic E-state index is 0.0363. The van der Waals surface area contributed by atoms with E-state index in [0.717, 1.165) is 16.1 Å². The molecule has 0 unspecified atom stereocenters. The van der Waals surface area contributed by atoms with E-state index in [2.05, 4.69) is 4.98 Å². The highest BCUT2D eigenvalue weighted by Gasteiger charge is 2.57. The Balaban J connectivity index is 1.39. The van der Waals surface area contributed by atoms with Gasteiger partial charge >= 0.3 is 6.18 Å². The smallest absolute Gasteiger partial charge is 0.433 e. The van der Waals surface area contributed by atoms with Crippen molar-refractivity contribution in [2.45, 2.75) is 25.9 Å². The number of aromatic hydroxyl groups is 1. The first-order chi connectivity index (χ1) is 21.7. The van der Waals surface area contributed by atoms with E-state index in [-0.39, 0.29) is 52.1 Å². The molecule has 0 saturated carbocycles. The highest BCUT2D eigenvalue weighted by Crippen LogP contribution is 2.53. The number of ketones is 2. The summed E-state index contributed by atoms with van der Waals surface area (Å²) in [5.41, 5.74) is 0.909. The van der Waals surface area contributed by atoms with E-state index in [4.69, 9.17) is 16.3 Å². The highest BCUT2D eigenvalue weighted by atomic mass is 35.5. The summed E-state index contributed by atoms with van der Waals surface area (Å²) in [6.45, 7) is 1.54. The SMILES string of the molecule is COc1cc(C=C[C@H]2C3=CC[C@@H]4C(=O)N(N(C)c5nc(C(F)(F)F)ccc5Cl)C(=O)[C@@H]4[C@@H]3CC3=C2C(=O)C=C(C)C3=O)ccc1O. The third-order valence-electron chi connectivity index (χ3n) is 9.00. The maximum Gasteiger partial charge on any atom is 0.433 e. The molecule has 2 amide bonds. The van der Waals surface area contributed by atoms with Crippen molar-refractivity contribution in [2.24, 2.45) is 23.7 Å². The first-order valence-corrected chi connectivity index (χ1v) is 14.7. The van der Waals surface area contributed by atoms with E-state index < -0.39 is 53.2 Å². The summed E-state index contributed by atoms with van der Waals surface area (Å²) < 4.78 is 45.5. The minimum atomic E-state index is -4.79. The number of nitrogens with zero attached hydrogens (tertiary/aromatic N) is 3. The van der Waals surface area contributed by atoms with Crippen LogP contribution in [0.3, 0.4) is 0 Å². The number of hydrogen-bond donors (Lipinski definition) is 1. The molecule has 3 aliphatic carbocycles. The third-order valence-corrected chi connectivity index (χ3v) is 9.29. The van der Waals surface area contributed by atoms with Gasteiger partial charge in [-0.1, -0.05) is 41.5 Å². The van der Waals surface area contributed by atoms with Crippen LogP contribution in [-0.2, 0) is 25.4 Å². The summed E-state index contributed by atoms with van der Waals surface area (Å²) in [7, 11) is 2.65. The zero-order chi connectivity index (χ0) is 33.2. The molecule has 0 bridgehead atoms. The molecule has 9 nitrogen and oxygen atoms in total. The van der Waals surface area contributed by atoms with Gasteiger partial charge in [0.15, 0.2) is 28.9 Å². The highest BCUT2D eigenvalue weighted by molar-refractivity contribution is 6.33. The number of hydrogen-bond acceptors (Lipinski definition) is 8. The number of phenols is 1. The molecule has 1 saturated heterocycles. The number of hydrazine groups is 1. The van der Waals surface area contributed by atoms with Crippen molar-refractivity contribution in [1.82, 2.24) is 9.99 Å². The van der Waals surface area contributed by atoms with Gasteiger partial charge < -0.3 is 9.84 Å². The van der Waals surface area contributed by atoms with Crippen molar-refractivity contribution < 1.29 is 42.2 Å². The molecule has 6 rings (SSSR count). The number of carbonyl (C=O) groups excluding carboxylic acids is 4. The molecule has 4 aliphatic rings. The topological polar surface area (TPSA) is 117 Å². The summed E-state index contributed by atoms with van der Waals surface area (Å²) in [6.07, 6.45) is 1.96. The van der Waals surface area contributed by atoms with E-state index in [1.807, 2.05) is 6.08 Å². The number of benzene rings is 1. The molecular weight excluding hydrogens is 627 g/mol. The lowest BCUT2D eigenvalue weighted by molar-refractivity contribution is -0.141. The van der Waals surface area contributed by atoms with Crippen molar-refractivity contribution in [3.8, 4) is 11.5 Å². The number of phenolic OH excluding ortho intramolecular Hbond substituents is 1. The molecule has 1 aliphatic heterocycles. The number of pyridine rings is 1. The van der Waals surface area contributed by atoms with E-state index >= 15 is 0 Å². The molecule has 46 heavy (non-hydrogen) atoms. The number of carbonyl (C=O) groups is 4. The molecule has 2 aromatic rings. The zero-order valence-corrected chi connectivity index (χ0v) is 25.5. The van der Waals surface area contributed by atoms with Crippen LogP contribution in [0, 0.1) is 23.7 Å². The largest absolute Gasteiger partial charge is 0.504 e. The Kier molecular flexibility index (Phi) is 7.66. The third kappa shape index (κ3) is 5.00. The van der Waals surface area contributed by atoms with Gasteiger partial charge in [-0.2, -0.15) is 18.2 Å². The quantitative estimate of drug-likeness (QED) is 0.256. The average Bonchev–Trinajstić information content (AvgIpc) is 3.27. The average molecular weight is 654 g/mol. The maximum atomic E-state index is 14.1. The van der Waals surface area contributed by atoms with Crippen molar-refractivity contribution >= 4 is 46.9 Å². The van der Waals surface area contributed by atoms with E-state index in [1.54, 1.807) is 31.2 Å². The second kappa shape index (κ2) is 11.3.